The Morgan fingerprint density at radius 2 is 2.04 bits per heavy atom. The van der Waals surface area contributed by atoms with Crippen LogP contribution in [0.15, 0.2) is 43.0 Å². The standard InChI is InChI=1S/C18H14ClN5O2S/c19-15-8-12-16(22-18(23-17(12)27-15)24-4-3-20-10-24)21-9-11-1-2-13-14(7-11)26-6-5-25-13/h1-4,7-8,10H,5-6,9H2,(H,21,22,23). The number of thiophene rings is 1. The number of anilines is 1. The second kappa shape index (κ2) is 6.71. The zero-order valence-electron chi connectivity index (χ0n) is 14.1. The molecule has 1 aliphatic heterocycles. The van der Waals surface area contributed by atoms with Gasteiger partial charge in [0.25, 0.3) is 0 Å². The van der Waals surface area contributed by atoms with Crippen LogP contribution in [0.2, 0.25) is 4.34 Å². The first kappa shape index (κ1) is 16.3. The number of halogens is 1. The van der Waals surface area contributed by atoms with E-state index in [0.29, 0.717) is 30.0 Å². The molecule has 136 valence electrons. The third-order valence-corrected chi connectivity index (χ3v) is 5.31. The summed E-state index contributed by atoms with van der Waals surface area (Å²) in [5.41, 5.74) is 1.07. The van der Waals surface area contributed by atoms with Crippen LogP contribution in [0, 0.1) is 0 Å². The van der Waals surface area contributed by atoms with Gasteiger partial charge in [0, 0.05) is 18.9 Å². The molecule has 0 aliphatic carbocycles. The molecule has 1 N–H and O–H groups in total. The van der Waals surface area contributed by atoms with Gasteiger partial charge in [0.05, 0.1) is 9.72 Å². The number of fused-ring (bicyclic) bond motifs is 2. The highest BCUT2D eigenvalue weighted by molar-refractivity contribution is 7.22. The molecular weight excluding hydrogens is 386 g/mol. The number of nitrogens with one attached hydrogen (secondary N) is 1. The second-order valence-electron chi connectivity index (χ2n) is 5.94. The van der Waals surface area contributed by atoms with Crippen molar-refractivity contribution >= 4 is 39.0 Å². The third kappa shape index (κ3) is 3.17. The van der Waals surface area contributed by atoms with Crippen molar-refractivity contribution < 1.29 is 9.47 Å². The van der Waals surface area contributed by atoms with E-state index in [0.717, 1.165) is 33.1 Å². The zero-order valence-corrected chi connectivity index (χ0v) is 15.6. The molecule has 0 atom stereocenters. The fraction of sp³-hybridized carbons (Fsp3) is 0.167. The predicted molar refractivity (Wildman–Crippen MR) is 104 cm³/mol. The Bertz CT molecular complexity index is 1110. The van der Waals surface area contributed by atoms with Gasteiger partial charge in [-0.3, -0.25) is 4.57 Å². The van der Waals surface area contributed by atoms with Crippen LogP contribution in [0.4, 0.5) is 5.82 Å². The van der Waals surface area contributed by atoms with Crippen molar-refractivity contribution in [1.29, 1.82) is 0 Å². The van der Waals surface area contributed by atoms with E-state index in [2.05, 4.69) is 20.3 Å². The normalized spacial score (nSPS) is 13.1. The smallest absolute Gasteiger partial charge is 0.238 e. The Morgan fingerprint density at radius 3 is 2.89 bits per heavy atom. The molecule has 0 fully saturated rings. The van der Waals surface area contributed by atoms with Crippen LogP contribution in [-0.2, 0) is 6.54 Å². The molecule has 1 aliphatic rings. The number of imidazole rings is 1. The van der Waals surface area contributed by atoms with Crippen molar-refractivity contribution in [2.75, 3.05) is 18.5 Å². The molecule has 4 aromatic rings. The molecule has 1 aromatic carbocycles. The van der Waals surface area contributed by atoms with Crippen LogP contribution < -0.4 is 14.8 Å². The van der Waals surface area contributed by atoms with Crippen LogP contribution in [0.25, 0.3) is 16.2 Å². The van der Waals surface area contributed by atoms with Crippen molar-refractivity contribution in [2.24, 2.45) is 0 Å². The Morgan fingerprint density at radius 1 is 1.15 bits per heavy atom. The maximum atomic E-state index is 6.20. The molecule has 5 rings (SSSR count). The highest BCUT2D eigenvalue weighted by Crippen LogP contribution is 2.34. The maximum absolute atomic E-state index is 6.20. The van der Waals surface area contributed by atoms with Crippen LogP contribution in [0.1, 0.15) is 5.56 Å². The van der Waals surface area contributed by atoms with Crippen molar-refractivity contribution in [1.82, 2.24) is 19.5 Å². The topological polar surface area (TPSA) is 74.1 Å². The average Bonchev–Trinajstić information content (AvgIpc) is 3.34. The third-order valence-electron chi connectivity index (χ3n) is 4.15. The zero-order chi connectivity index (χ0) is 18.2. The monoisotopic (exact) mass is 399 g/mol. The van der Waals surface area contributed by atoms with Gasteiger partial charge in [0.1, 0.15) is 30.2 Å². The molecule has 0 unspecified atom stereocenters. The molecule has 0 saturated heterocycles. The van der Waals surface area contributed by atoms with E-state index in [-0.39, 0.29) is 0 Å². The van der Waals surface area contributed by atoms with Gasteiger partial charge in [-0.15, -0.1) is 11.3 Å². The lowest BCUT2D eigenvalue weighted by atomic mass is 10.2. The number of hydrogen-bond donors (Lipinski definition) is 1. The summed E-state index contributed by atoms with van der Waals surface area (Å²) in [7, 11) is 0. The van der Waals surface area contributed by atoms with Gasteiger partial charge in [-0.1, -0.05) is 17.7 Å². The number of ether oxygens (including phenoxy) is 2. The minimum Gasteiger partial charge on any atom is -0.486 e. The minimum absolute atomic E-state index is 0.545. The molecule has 3 aromatic heterocycles. The van der Waals surface area contributed by atoms with Gasteiger partial charge >= 0.3 is 0 Å². The Hall–Kier alpha value is -2.84. The van der Waals surface area contributed by atoms with E-state index in [1.54, 1.807) is 23.3 Å². The molecule has 0 amide bonds. The number of nitrogens with zero attached hydrogens (tertiary/aromatic N) is 4. The number of aromatic nitrogens is 4. The molecule has 0 spiro atoms. The highest BCUT2D eigenvalue weighted by Gasteiger charge is 2.14. The first-order chi connectivity index (χ1) is 13.3. The van der Waals surface area contributed by atoms with Gasteiger partial charge in [-0.05, 0) is 23.8 Å². The summed E-state index contributed by atoms with van der Waals surface area (Å²) < 4.78 is 13.7. The highest BCUT2D eigenvalue weighted by atomic mass is 35.5. The van der Waals surface area contributed by atoms with Crippen LogP contribution in [0.5, 0.6) is 11.5 Å². The predicted octanol–water partition coefficient (Wildman–Crippen LogP) is 3.91. The Labute approximate surface area is 163 Å². The van der Waals surface area contributed by atoms with Gasteiger partial charge in [-0.25, -0.2) is 9.97 Å². The van der Waals surface area contributed by atoms with Crippen molar-refractivity contribution in [3.05, 3.63) is 52.9 Å². The number of rotatable bonds is 4. The molecule has 0 bridgehead atoms. The summed E-state index contributed by atoms with van der Waals surface area (Å²) in [4.78, 5) is 14.1. The van der Waals surface area contributed by atoms with E-state index in [4.69, 9.17) is 21.1 Å². The molecule has 4 heterocycles. The van der Waals surface area contributed by atoms with E-state index in [1.165, 1.54) is 11.3 Å². The van der Waals surface area contributed by atoms with Gasteiger partial charge < -0.3 is 14.8 Å². The fourth-order valence-electron chi connectivity index (χ4n) is 2.89. The van der Waals surface area contributed by atoms with E-state index in [1.807, 2.05) is 24.3 Å². The summed E-state index contributed by atoms with van der Waals surface area (Å²) in [6.45, 7) is 1.73. The summed E-state index contributed by atoms with van der Waals surface area (Å²) >= 11 is 7.62. The fourth-order valence-corrected chi connectivity index (χ4v) is 3.97. The first-order valence-corrected chi connectivity index (χ1v) is 9.53. The van der Waals surface area contributed by atoms with Gasteiger partial charge in [-0.2, -0.15) is 4.98 Å². The van der Waals surface area contributed by atoms with Crippen LogP contribution in [0.3, 0.4) is 0 Å². The molecule has 9 heteroatoms. The van der Waals surface area contributed by atoms with Gasteiger partial charge in [0.2, 0.25) is 5.95 Å². The van der Waals surface area contributed by atoms with Crippen molar-refractivity contribution in [2.45, 2.75) is 6.54 Å². The summed E-state index contributed by atoms with van der Waals surface area (Å²) in [6.07, 6.45) is 5.17. The number of hydrogen-bond acceptors (Lipinski definition) is 7. The SMILES string of the molecule is Clc1cc2c(NCc3ccc4c(c3)OCCO4)nc(-n3ccnc3)nc2s1. The summed E-state index contributed by atoms with van der Waals surface area (Å²) in [6, 6.07) is 7.80. The minimum atomic E-state index is 0.545. The average molecular weight is 400 g/mol. The van der Waals surface area contributed by atoms with E-state index < -0.39 is 0 Å². The quantitative estimate of drug-likeness (QED) is 0.560. The molecule has 0 saturated carbocycles. The molecule has 7 nitrogen and oxygen atoms in total. The second-order valence-corrected chi connectivity index (χ2v) is 7.61. The number of benzene rings is 1. The van der Waals surface area contributed by atoms with Gasteiger partial charge in [0.15, 0.2) is 11.5 Å². The Balaban J connectivity index is 1.47. The largest absolute Gasteiger partial charge is 0.486 e. The van der Waals surface area contributed by atoms with E-state index >= 15 is 0 Å². The lowest BCUT2D eigenvalue weighted by Gasteiger charge is -2.19. The molecule has 27 heavy (non-hydrogen) atoms. The maximum Gasteiger partial charge on any atom is 0.238 e. The molecular formula is C18H14ClN5O2S. The van der Waals surface area contributed by atoms with Crippen molar-refractivity contribution in [3.63, 3.8) is 0 Å². The summed E-state index contributed by atoms with van der Waals surface area (Å²) in [5.74, 6) is 2.82. The van der Waals surface area contributed by atoms with Crippen LogP contribution >= 0.6 is 22.9 Å². The van der Waals surface area contributed by atoms with Crippen LogP contribution in [-0.4, -0.2) is 32.7 Å². The Kier molecular flexibility index (Phi) is 4.06. The first-order valence-electron chi connectivity index (χ1n) is 8.34. The lowest BCUT2D eigenvalue weighted by Crippen LogP contribution is -2.15. The van der Waals surface area contributed by atoms with Crippen molar-refractivity contribution in [3.8, 4) is 17.4 Å². The van der Waals surface area contributed by atoms with E-state index in [9.17, 15) is 0 Å². The molecule has 0 radical (unpaired) electrons. The lowest BCUT2D eigenvalue weighted by molar-refractivity contribution is 0.171. The summed E-state index contributed by atoms with van der Waals surface area (Å²) in [5, 5.41) is 4.29.